The largest absolute Gasteiger partial charge is 0.331 e. The second-order valence-corrected chi connectivity index (χ2v) is 7.83. The summed E-state index contributed by atoms with van der Waals surface area (Å²) < 4.78 is 2.17. The van der Waals surface area contributed by atoms with Crippen LogP contribution < -0.4 is 5.32 Å². The van der Waals surface area contributed by atoms with Gasteiger partial charge in [-0.05, 0) is 23.8 Å². The van der Waals surface area contributed by atoms with Crippen molar-refractivity contribution in [3.63, 3.8) is 0 Å². The summed E-state index contributed by atoms with van der Waals surface area (Å²) in [6, 6.07) is 16.6. The molecule has 2 aromatic carbocycles. The first-order chi connectivity index (χ1) is 14.1. The lowest BCUT2D eigenvalue weighted by Crippen LogP contribution is -2.46. The van der Waals surface area contributed by atoms with Crippen molar-refractivity contribution in [1.29, 1.82) is 0 Å². The summed E-state index contributed by atoms with van der Waals surface area (Å²) in [5.41, 5.74) is 4.21. The first-order valence-corrected chi connectivity index (χ1v) is 10.3. The van der Waals surface area contributed by atoms with E-state index in [9.17, 15) is 4.79 Å². The zero-order valence-electron chi connectivity index (χ0n) is 17.3. The molecule has 0 unspecified atom stereocenters. The number of aryl methyl sites for hydroxylation is 1. The fraction of sp³-hybridized carbons (Fsp3) is 0.391. The van der Waals surface area contributed by atoms with Crippen LogP contribution in [0, 0.1) is 0 Å². The van der Waals surface area contributed by atoms with Crippen molar-refractivity contribution in [2.24, 2.45) is 7.05 Å². The Kier molecular flexibility index (Phi) is 5.92. The fourth-order valence-electron chi connectivity index (χ4n) is 4.03. The second-order valence-electron chi connectivity index (χ2n) is 7.83. The van der Waals surface area contributed by atoms with Gasteiger partial charge in [-0.15, -0.1) is 0 Å². The molecule has 0 aliphatic carbocycles. The number of fused-ring (bicyclic) bond motifs is 1. The average Bonchev–Trinajstić information content (AvgIpc) is 3.03. The fourth-order valence-corrected chi connectivity index (χ4v) is 4.03. The summed E-state index contributed by atoms with van der Waals surface area (Å²) in [6.45, 7) is 8.00. The van der Waals surface area contributed by atoms with E-state index in [1.54, 1.807) is 0 Å². The number of benzene rings is 2. The molecular weight excluding hydrogens is 362 g/mol. The number of nitrogens with one attached hydrogen (secondary N) is 1. The molecule has 1 aliphatic rings. The predicted molar refractivity (Wildman–Crippen MR) is 117 cm³/mol. The molecule has 2 heterocycles. The Morgan fingerprint density at radius 1 is 1.03 bits per heavy atom. The Balaban J connectivity index is 1.32. The van der Waals surface area contributed by atoms with Crippen LogP contribution in [0.5, 0.6) is 0 Å². The number of piperazine rings is 1. The normalized spacial score (nSPS) is 15.7. The molecule has 0 bridgehead atoms. The van der Waals surface area contributed by atoms with Crippen LogP contribution in [0.1, 0.15) is 18.3 Å². The molecule has 1 aliphatic heterocycles. The van der Waals surface area contributed by atoms with Gasteiger partial charge < -0.3 is 14.8 Å². The van der Waals surface area contributed by atoms with Crippen molar-refractivity contribution in [3.8, 4) is 0 Å². The van der Waals surface area contributed by atoms with E-state index < -0.39 is 0 Å². The maximum absolute atomic E-state index is 11.3. The van der Waals surface area contributed by atoms with Gasteiger partial charge in [-0.25, -0.2) is 4.98 Å². The van der Waals surface area contributed by atoms with Crippen molar-refractivity contribution in [1.82, 2.24) is 19.4 Å². The van der Waals surface area contributed by atoms with Crippen molar-refractivity contribution >= 4 is 22.6 Å². The van der Waals surface area contributed by atoms with Crippen LogP contribution in [0.25, 0.3) is 11.0 Å². The molecule has 29 heavy (non-hydrogen) atoms. The summed E-state index contributed by atoms with van der Waals surface area (Å²) in [6.07, 6.45) is 0.930. The minimum Gasteiger partial charge on any atom is -0.331 e. The Morgan fingerprint density at radius 2 is 1.76 bits per heavy atom. The van der Waals surface area contributed by atoms with E-state index >= 15 is 0 Å². The monoisotopic (exact) mass is 391 g/mol. The van der Waals surface area contributed by atoms with Gasteiger partial charge in [0.2, 0.25) is 5.91 Å². The van der Waals surface area contributed by atoms with Gasteiger partial charge in [0.1, 0.15) is 5.82 Å². The molecule has 1 N–H and O–H groups in total. The first kappa shape index (κ1) is 19.6. The quantitative estimate of drug-likeness (QED) is 0.702. The Bertz CT molecular complexity index is 974. The minimum atomic E-state index is -0.0630. The van der Waals surface area contributed by atoms with E-state index in [0.717, 1.165) is 68.2 Å². The van der Waals surface area contributed by atoms with Gasteiger partial charge in [-0.2, -0.15) is 0 Å². The summed E-state index contributed by atoms with van der Waals surface area (Å²) in [7, 11) is 2.07. The molecule has 1 amide bonds. The number of imidazole rings is 1. The molecule has 0 spiro atoms. The number of nitrogens with zero attached hydrogens (tertiary/aromatic N) is 4. The molecule has 1 saturated heterocycles. The number of amides is 1. The van der Waals surface area contributed by atoms with Crippen molar-refractivity contribution in [3.05, 3.63) is 59.9 Å². The summed E-state index contributed by atoms with van der Waals surface area (Å²) in [5.74, 6) is 1.03. The molecule has 0 saturated carbocycles. The van der Waals surface area contributed by atoms with E-state index in [1.165, 1.54) is 12.5 Å². The van der Waals surface area contributed by atoms with Gasteiger partial charge in [-0.3, -0.25) is 9.69 Å². The number of anilines is 1. The highest BCUT2D eigenvalue weighted by molar-refractivity contribution is 5.91. The van der Waals surface area contributed by atoms with E-state index in [2.05, 4.69) is 57.1 Å². The molecule has 6 nitrogen and oxygen atoms in total. The molecule has 1 aromatic heterocycles. The van der Waals surface area contributed by atoms with Gasteiger partial charge in [0.05, 0.1) is 11.0 Å². The van der Waals surface area contributed by atoms with Crippen molar-refractivity contribution in [2.75, 3.05) is 38.0 Å². The Morgan fingerprint density at radius 3 is 2.48 bits per heavy atom. The zero-order chi connectivity index (χ0) is 20.2. The Hall–Kier alpha value is -2.70. The highest BCUT2D eigenvalue weighted by atomic mass is 16.1. The third-order valence-corrected chi connectivity index (χ3v) is 5.66. The molecule has 0 radical (unpaired) electrons. The topological polar surface area (TPSA) is 53.4 Å². The van der Waals surface area contributed by atoms with Crippen LogP contribution in [0.4, 0.5) is 5.69 Å². The predicted octanol–water partition coefficient (Wildman–Crippen LogP) is 2.89. The summed E-state index contributed by atoms with van der Waals surface area (Å²) in [4.78, 5) is 21.2. The number of hydrogen-bond acceptors (Lipinski definition) is 4. The molecule has 0 atom stereocenters. The van der Waals surface area contributed by atoms with Crippen LogP contribution >= 0.6 is 0 Å². The number of aromatic nitrogens is 2. The lowest BCUT2D eigenvalue weighted by molar-refractivity contribution is -0.114. The highest BCUT2D eigenvalue weighted by Crippen LogP contribution is 2.20. The van der Waals surface area contributed by atoms with Gasteiger partial charge in [-0.1, -0.05) is 30.3 Å². The standard InChI is InChI=1S/C23H29N5O/c1-18(29)24-20-8-9-22-21(16-20)25-23(26(22)2)10-11-27-12-14-28(15-13-27)17-19-6-4-3-5-7-19/h3-9,16H,10-15,17H2,1-2H3,(H,24,29). The summed E-state index contributed by atoms with van der Waals surface area (Å²) >= 11 is 0. The zero-order valence-corrected chi connectivity index (χ0v) is 17.3. The third-order valence-electron chi connectivity index (χ3n) is 5.66. The third kappa shape index (κ3) is 4.83. The number of carbonyl (C=O) groups excluding carboxylic acids is 1. The lowest BCUT2D eigenvalue weighted by Gasteiger charge is -2.34. The van der Waals surface area contributed by atoms with Gasteiger partial charge in [0, 0.05) is 65.3 Å². The van der Waals surface area contributed by atoms with E-state index in [4.69, 9.17) is 4.98 Å². The molecule has 4 rings (SSSR count). The van der Waals surface area contributed by atoms with Gasteiger partial charge in [0.15, 0.2) is 0 Å². The van der Waals surface area contributed by atoms with Crippen LogP contribution in [-0.2, 0) is 24.8 Å². The smallest absolute Gasteiger partial charge is 0.221 e. The van der Waals surface area contributed by atoms with E-state index in [-0.39, 0.29) is 5.91 Å². The maximum atomic E-state index is 11.3. The molecule has 1 fully saturated rings. The summed E-state index contributed by atoms with van der Waals surface area (Å²) in [5, 5.41) is 2.83. The van der Waals surface area contributed by atoms with E-state index in [0.29, 0.717) is 0 Å². The van der Waals surface area contributed by atoms with Crippen LogP contribution in [0.2, 0.25) is 0 Å². The average molecular weight is 392 g/mol. The van der Waals surface area contributed by atoms with Crippen LogP contribution in [0.3, 0.4) is 0 Å². The van der Waals surface area contributed by atoms with E-state index in [1.807, 2.05) is 18.2 Å². The molecular formula is C23H29N5O. The van der Waals surface area contributed by atoms with Crippen molar-refractivity contribution in [2.45, 2.75) is 19.9 Å². The second kappa shape index (κ2) is 8.76. The first-order valence-electron chi connectivity index (χ1n) is 10.3. The van der Waals surface area contributed by atoms with Crippen LogP contribution in [-0.4, -0.2) is 58.0 Å². The highest BCUT2D eigenvalue weighted by Gasteiger charge is 2.18. The molecule has 6 heteroatoms. The van der Waals surface area contributed by atoms with Crippen molar-refractivity contribution < 1.29 is 4.79 Å². The number of rotatable bonds is 6. The maximum Gasteiger partial charge on any atom is 0.221 e. The Labute approximate surface area is 172 Å². The van der Waals surface area contributed by atoms with Gasteiger partial charge >= 0.3 is 0 Å². The van der Waals surface area contributed by atoms with Crippen LogP contribution in [0.15, 0.2) is 48.5 Å². The van der Waals surface area contributed by atoms with Gasteiger partial charge in [0.25, 0.3) is 0 Å². The minimum absolute atomic E-state index is 0.0630. The number of hydrogen-bond donors (Lipinski definition) is 1. The SMILES string of the molecule is CC(=O)Nc1ccc2c(c1)nc(CCN1CCN(Cc3ccccc3)CC1)n2C. The number of carbonyl (C=O) groups is 1. The molecule has 152 valence electrons. The lowest BCUT2D eigenvalue weighted by atomic mass is 10.2. The molecule has 3 aromatic rings.